The van der Waals surface area contributed by atoms with Crippen LogP contribution in [0.1, 0.15) is 33.3 Å². The van der Waals surface area contributed by atoms with Gasteiger partial charge in [0, 0.05) is 43.2 Å². The van der Waals surface area contributed by atoms with Gasteiger partial charge < -0.3 is 15.1 Å². The second-order valence-corrected chi connectivity index (χ2v) is 7.29. The lowest BCUT2D eigenvalue weighted by Gasteiger charge is -2.27. The summed E-state index contributed by atoms with van der Waals surface area (Å²) in [5.74, 6) is 1.53. The molecule has 5 nitrogen and oxygen atoms in total. The third-order valence-corrected chi connectivity index (χ3v) is 4.99. The minimum absolute atomic E-state index is 0.291. The molecule has 0 saturated heterocycles. The highest BCUT2D eigenvalue weighted by molar-refractivity contribution is 5.61. The van der Waals surface area contributed by atoms with Crippen molar-refractivity contribution < 1.29 is 0 Å². The van der Waals surface area contributed by atoms with Crippen LogP contribution in [-0.2, 0) is 6.54 Å². The van der Waals surface area contributed by atoms with Gasteiger partial charge in [0.2, 0.25) is 5.95 Å². The zero-order valence-corrected chi connectivity index (χ0v) is 17.8. The van der Waals surface area contributed by atoms with Crippen molar-refractivity contribution in [3.8, 4) is 0 Å². The molecule has 1 heterocycles. The van der Waals surface area contributed by atoms with E-state index >= 15 is 0 Å². The largest absolute Gasteiger partial charge is 0.372 e. The van der Waals surface area contributed by atoms with Gasteiger partial charge in [-0.15, -0.1) is 0 Å². The number of nitrogens with zero attached hydrogens (tertiary/aromatic N) is 4. The van der Waals surface area contributed by atoms with Gasteiger partial charge >= 0.3 is 0 Å². The highest BCUT2D eigenvalue weighted by atomic mass is 15.3. The second kappa shape index (κ2) is 9.92. The van der Waals surface area contributed by atoms with Crippen LogP contribution < -0.4 is 15.1 Å². The van der Waals surface area contributed by atoms with Crippen LogP contribution in [0.3, 0.4) is 0 Å². The van der Waals surface area contributed by atoms with Crippen LogP contribution in [0.5, 0.6) is 0 Å². The van der Waals surface area contributed by atoms with E-state index in [4.69, 9.17) is 4.98 Å². The van der Waals surface area contributed by atoms with Gasteiger partial charge in [-0.2, -0.15) is 4.98 Å². The summed E-state index contributed by atoms with van der Waals surface area (Å²) in [6, 6.07) is 21.1. The molecule has 29 heavy (non-hydrogen) atoms. The van der Waals surface area contributed by atoms with Crippen LogP contribution in [0.2, 0.25) is 0 Å². The fourth-order valence-corrected chi connectivity index (χ4v) is 3.31. The maximum absolute atomic E-state index is 4.77. The van der Waals surface area contributed by atoms with E-state index in [0.717, 1.165) is 37.1 Å². The molecule has 1 aromatic heterocycles. The Hall–Kier alpha value is -3.08. The van der Waals surface area contributed by atoms with Gasteiger partial charge in [-0.3, -0.25) is 0 Å². The zero-order valence-electron chi connectivity index (χ0n) is 17.8. The molecule has 0 unspecified atom stereocenters. The molecular formula is C24H31N5. The van der Waals surface area contributed by atoms with E-state index in [-0.39, 0.29) is 0 Å². The van der Waals surface area contributed by atoms with Crippen molar-refractivity contribution in [3.05, 3.63) is 72.4 Å². The first kappa shape index (κ1) is 20.6. The Balaban J connectivity index is 1.76. The molecular weight excluding hydrogens is 358 g/mol. The molecule has 5 heteroatoms. The molecule has 0 spiro atoms. The van der Waals surface area contributed by atoms with Crippen molar-refractivity contribution in [2.24, 2.45) is 0 Å². The first-order chi connectivity index (χ1) is 14.1. The van der Waals surface area contributed by atoms with Gasteiger partial charge in [-0.05, 0) is 63.6 Å². The van der Waals surface area contributed by atoms with Gasteiger partial charge in [0.1, 0.15) is 5.82 Å². The highest BCUT2D eigenvalue weighted by Gasteiger charge is 2.14. The molecule has 0 fully saturated rings. The van der Waals surface area contributed by atoms with Crippen LogP contribution in [0.25, 0.3) is 0 Å². The van der Waals surface area contributed by atoms with Gasteiger partial charge in [-0.1, -0.05) is 30.3 Å². The van der Waals surface area contributed by atoms with E-state index in [9.17, 15) is 0 Å². The van der Waals surface area contributed by atoms with E-state index in [1.807, 2.05) is 18.3 Å². The number of benzene rings is 2. The second-order valence-electron chi connectivity index (χ2n) is 7.29. The van der Waals surface area contributed by atoms with Crippen LogP contribution in [0.15, 0.2) is 66.9 Å². The van der Waals surface area contributed by atoms with Crippen molar-refractivity contribution >= 4 is 23.1 Å². The van der Waals surface area contributed by atoms with Crippen molar-refractivity contribution in [2.75, 3.05) is 28.2 Å². The van der Waals surface area contributed by atoms with Crippen molar-refractivity contribution in [1.82, 2.24) is 9.97 Å². The Morgan fingerprint density at radius 1 is 0.897 bits per heavy atom. The topological polar surface area (TPSA) is 44.3 Å². The van der Waals surface area contributed by atoms with E-state index in [0.29, 0.717) is 6.04 Å². The first-order valence-electron chi connectivity index (χ1n) is 10.4. The fraction of sp³-hybridized carbons (Fsp3) is 0.333. The Morgan fingerprint density at radius 3 is 2.21 bits per heavy atom. The smallest absolute Gasteiger partial charge is 0.227 e. The lowest BCUT2D eigenvalue weighted by Crippen LogP contribution is -2.31. The molecule has 0 aliphatic carbocycles. The summed E-state index contributed by atoms with van der Waals surface area (Å²) in [5.41, 5.74) is 3.50. The molecule has 152 valence electrons. The number of hydrogen-bond donors (Lipinski definition) is 1. The third kappa shape index (κ3) is 5.47. The average Bonchev–Trinajstić information content (AvgIpc) is 2.75. The molecule has 0 aliphatic heterocycles. The van der Waals surface area contributed by atoms with Crippen LogP contribution in [-0.4, -0.2) is 29.1 Å². The summed E-state index contributed by atoms with van der Waals surface area (Å²) >= 11 is 0. The van der Waals surface area contributed by atoms with Crippen molar-refractivity contribution in [2.45, 2.75) is 40.3 Å². The molecule has 0 aliphatic rings. The van der Waals surface area contributed by atoms with Gasteiger partial charge in [0.05, 0.1) is 0 Å². The predicted octanol–water partition coefficient (Wildman–Crippen LogP) is 5.48. The fourth-order valence-electron chi connectivity index (χ4n) is 3.31. The minimum atomic E-state index is 0.291. The van der Waals surface area contributed by atoms with E-state index < -0.39 is 0 Å². The number of nitrogens with one attached hydrogen (secondary N) is 1. The first-order valence-corrected chi connectivity index (χ1v) is 10.4. The molecule has 1 N–H and O–H groups in total. The highest BCUT2D eigenvalue weighted by Crippen LogP contribution is 2.22. The number of aromatic nitrogens is 2. The van der Waals surface area contributed by atoms with Gasteiger partial charge in [0.15, 0.2) is 0 Å². The summed E-state index contributed by atoms with van der Waals surface area (Å²) < 4.78 is 0. The molecule has 0 saturated carbocycles. The molecule has 0 amide bonds. The van der Waals surface area contributed by atoms with Crippen LogP contribution >= 0.6 is 0 Å². The summed E-state index contributed by atoms with van der Waals surface area (Å²) in [4.78, 5) is 13.8. The monoisotopic (exact) mass is 389 g/mol. The standard InChI is InChI=1S/C24H31N5/c1-5-28(6-2)22-14-12-21(13-15-22)26-23-16-17-25-24(27-23)29(19(3)4)18-20-10-8-7-9-11-20/h7-17,19H,5-6,18H2,1-4H3,(H,25,26,27). The number of rotatable bonds is 9. The molecule has 3 aromatic rings. The van der Waals surface area contributed by atoms with Gasteiger partial charge in [-0.25, -0.2) is 4.98 Å². The molecule has 0 bridgehead atoms. The predicted molar refractivity (Wildman–Crippen MR) is 123 cm³/mol. The molecule has 2 aromatic carbocycles. The maximum Gasteiger partial charge on any atom is 0.227 e. The quantitative estimate of drug-likeness (QED) is 0.525. The molecule has 0 atom stereocenters. The summed E-state index contributed by atoms with van der Waals surface area (Å²) in [6.07, 6.45) is 1.81. The van der Waals surface area contributed by atoms with Crippen LogP contribution in [0.4, 0.5) is 23.1 Å². The van der Waals surface area contributed by atoms with Crippen molar-refractivity contribution in [3.63, 3.8) is 0 Å². The summed E-state index contributed by atoms with van der Waals surface area (Å²) in [5, 5.41) is 3.41. The Labute approximate surface area is 174 Å². The van der Waals surface area contributed by atoms with E-state index in [1.165, 1.54) is 11.3 Å². The average molecular weight is 390 g/mol. The summed E-state index contributed by atoms with van der Waals surface area (Å²) in [7, 11) is 0. The molecule has 3 rings (SSSR count). The third-order valence-electron chi connectivity index (χ3n) is 4.99. The SMILES string of the molecule is CCN(CC)c1ccc(Nc2ccnc(N(Cc3ccccc3)C(C)C)n2)cc1. The maximum atomic E-state index is 4.77. The summed E-state index contributed by atoms with van der Waals surface area (Å²) in [6.45, 7) is 11.5. The number of hydrogen-bond acceptors (Lipinski definition) is 5. The van der Waals surface area contributed by atoms with E-state index in [2.05, 4.69) is 96.3 Å². The normalized spacial score (nSPS) is 10.8. The minimum Gasteiger partial charge on any atom is -0.372 e. The Morgan fingerprint density at radius 2 is 1.59 bits per heavy atom. The molecule has 0 radical (unpaired) electrons. The zero-order chi connectivity index (χ0) is 20.6. The Bertz CT molecular complexity index is 873. The number of anilines is 4. The van der Waals surface area contributed by atoms with Crippen LogP contribution in [0, 0.1) is 0 Å². The van der Waals surface area contributed by atoms with E-state index in [1.54, 1.807) is 0 Å². The van der Waals surface area contributed by atoms with Gasteiger partial charge in [0.25, 0.3) is 0 Å². The lowest BCUT2D eigenvalue weighted by molar-refractivity contribution is 0.661. The lowest BCUT2D eigenvalue weighted by atomic mass is 10.2. The van der Waals surface area contributed by atoms with Crippen molar-refractivity contribution in [1.29, 1.82) is 0 Å². The Kier molecular flexibility index (Phi) is 7.06.